The first-order valence-corrected chi connectivity index (χ1v) is 5.61. The van der Waals surface area contributed by atoms with Gasteiger partial charge in [-0.05, 0) is 12.1 Å². The van der Waals surface area contributed by atoms with E-state index in [0.717, 1.165) is 13.2 Å². The van der Waals surface area contributed by atoms with Gasteiger partial charge in [-0.1, -0.05) is 15.9 Å². The van der Waals surface area contributed by atoms with Crippen LogP contribution in [0.4, 0.5) is 13.2 Å². The van der Waals surface area contributed by atoms with E-state index >= 15 is 0 Å². The second kappa shape index (κ2) is 5.93. The smallest absolute Gasteiger partial charge is 0.469 e. The number of hydrogen-bond donors (Lipinski definition) is 0. The molecule has 0 aromatic heterocycles. The Labute approximate surface area is 114 Å². The van der Waals surface area contributed by atoms with Crippen LogP contribution >= 0.6 is 15.9 Å². The Hall–Kier alpha value is -1.75. The minimum Gasteiger partial charge on any atom is -0.469 e. The van der Waals surface area contributed by atoms with Gasteiger partial charge in [-0.25, -0.2) is 0 Å². The molecule has 0 saturated heterocycles. The summed E-state index contributed by atoms with van der Waals surface area (Å²) in [4.78, 5) is 11.2. The van der Waals surface area contributed by atoms with Crippen LogP contribution in [0.1, 0.15) is 11.1 Å². The summed E-state index contributed by atoms with van der Waals surface area (Å²) in [6, 6.07) is 3.90. The van der Waals surface area contributed by atoms with E-state index in [1.54, 1.807) is 6.07 Å². The van der Waals surface area contributed by atoms with E-state index in [-0.39, 0.29) is 15.6 Å². The Balaban J connectivity index is 3.26. The van der Waals surface area contributed by atoms with Crippen LogP contribution in [0.2, 0.25) is 0 Å². The molecule has 0 radical (unpaired) electrons. The predicted molar refractivity (Wildman–Crippen MR) is 61.3 cm³/mol. The third kappa shape index (κ3) is 4.44. The van der Waals surface area contributed by atoms with Gasteiger partial charge in [-0.2, -0.15) is 5.26 Å². The molecule has 0 N–H and O–H groups in total. The molecule has 0 aliphatic rings. The van der Waals surface area contributed by atoms with Crippen molar-refractivity contribution in [1.29, 1.82) is 5.26 Å². The number of nitrogens with zero attached hydrogens (tertiary/aromatic N) is 1. The number of ether oxygens (including phenoxy) is 2. The van der Waals surface area contributed by atoms with Crippen molar-refractivity contribution in [1.82, 2.24) is 0 Å². The Kier molecular flexibility index (Phi) is 4.78. The van der Waals surface area contributed by atoms with E-state index in [1.165, 1.54) is 6.07 Å². The van der Waals surface area contributed by atoms with Gasteiger partial charge >= 0.3 is 12.3 Å². The standard InChI is InChI=1S/C11H7BrF3NO3/c1-18-10(17)4-7-8(12)2-6(5-16)3-9(7)19-11(13,14)15/h2-3H,4H2,1H3. The van der Waals surface area contributed by atoms with E-state index < -0.39 is 24.5 Å². The summed E-state index contributed by atoms with van der Waals surface area (Å²) in [7, 11) is 1.12. The lowest BCUT2D eigenvalue weighted by molar-refractivity contribution is -0.275. The largest absolute Gasteiger partial charge is 0.573 e. The maximum atomic E-state index is 12.3. The zero-order chi connectivity index (χ0) is 14.6. The summed E-state index contributed by atoms with van der Waals surface area (Å²) >= 11 is 3.00. The highest BCUT2D eigenvalue weighted by molar-refractivity contribution is 9.10. The van der Waals surface area contributed by atoms with Crippen LogP contribution in [0.5, 0.6) is 5.75 Å². The first-order valence-electron chi connectivity index (χ1n) is 4.82. The van der Waals surface area contributed by atoms with E-state index in [4.69, 9.17) is 5.26 Å². The number of rotatable bonds is 3. The monoisotopic (exact) mass is 337 g/mol. The maximum absolute atomic E-state index is 12.3. The van der Waals surface area contributed by atoms with E-state index in [2.05, 4.69) is 25.4 Å². The van der Waals surface area contributed by atoms with Crippen molar-refractivity contribution < 1.29 is 27.4 Å². The third-order valence-electron chi connectivity index (χ3n) is 2.06. The molecule has 0 amide bonds. The fourth-order valence-electron chi connectivity index (χ4n) is 1.28. The molecule has 19 heavy (non-hydrogen) atoms. The van der Waals surface area contributed by atoms with E-state index in [9.17, 15) is 18.0 Å². The lowest BCUT2D eigenvalue weighted by Crippen LogP contribution is -2.19. The number of hydrogen-bond acceptors (Lipinski definition) is 4. The summed E-state index contributed by atoms with van der Waals surface area (Å²) < 4.78 is 45.2. The van der Waals surface area contributed by atoms with Gasteiger partial charge in [0.05, 0.1) is 25.2 Å². The molecular formula is C11H7BrF3NO3. The van der Waals surface area contributed by atoms with Crippen LogP contribution in [0.3, 0.4) is 0 Å². The van der Waals surface area contributed by atoms with Gasteiger partial charge in [-0.3, -0.25) is 4.79 Å². The molecule has 4 nitrogen and oxygen atoms in total. The van der Waals surface area contributed by atoms with Crippen LogP contribution in [-0.4, -0.2) is 19.4 Å². The summed E-state index contributed by atoms with van der Waals surface area (Å²) in [6.07, 6.45) is -5.33. The van der Waals surface area contributed by atoms with Crippen molar-refractivity contribution in [2.45, 2.75) is 12.8 Å². The minimum absolute atomic E-state index is 0.0280. The van der Waals surface area contributed by atoms with Crippen molar-refractivity contribution in [2.75, 3.05) is 7.11 Å². The maximum Gasteiger partial charge on any atom is 0.573 e. The molecule has 0 spiro atoms. The molecular weight excluding hydrogens is 331 g/mol. The molecule has 0 fully saturated rings. The van der Waals surface area contributed by atoms with Gasteiger partial charge in [0.2, 0.25) is 0 Å². The topological polar surface area (TPSA) is 59.3 Å². The fraction of sp³-hybridized carbons (Fsp3) is 0.273. The molecule has 0 saturated carbocycles. The molecule has 102 valence electrons. The molecule has 1 rings (SSSR count). The summed E-state index contributed by atoms with van der Waals surface area (Å²) in [6.45, 7) is 0. The van der Waals surface area contributed by atoms with Crippen LogP contribution < -0.4 is 4.74 Å². The Morgan fingerprint density at radius 1 is 1.47 bits per heavy atom. The zero-order valence-corrected chi connectivity index (χ0v) is 11.1. The number of esters is 1. The highest BCUT2D eigenvalue weighted by Crippen LogP contribution is 2.33. The number of benzene rings is 1. The van der Waals surface area contributed by atoms with Gasteiger partial charge in [0.1, 0.15) is 5.75 Å². The van der Waals surface area contributed by atoms with Gasteiger partial charge < -0.3 is 9.47 Å². The molecule has 0 aliphatic carbocycles. The first kappa shape index (κ1) is 15.3. The van der Waals surface area contributed by atoms with E-state index in [1.807, 2.05) is 0 Å². The molecule has 0 aliphatic heterocycles. The SMILES string of the molecule is COC(=O)Cc1c(Br)cc(C#N)cc1OC(F)(F)F. The molecule has 0 bridgehead atoms. The Morgan fingerprint density at radius 3 is 2.58 bits per heavy atom. The van der Waals surface area contributed by atoms with E-state index in [0.29, 0.717) is 0 Å². The fourth-order valence-corrected chi connectivity index (χ4v) is 1.86. The van der Waals surface area contributed by atoms with Gasteiger partial charge in [0, 0.05) is 10.0 Å². The summed E-state index contributed by atoms with van der Waals surface area (Å²) in [5.74, 6) is -1.33. The molecule has 0 heterocycles. The lowest BCUT2D eigenvalue weighted by Gasteiger charge is -2.14. The quantitative estimate of drug-likeness (QED) is 0.795. The molecule has 1 aromatic carbocycles. The number of carbonyl (C=O) groups excluding carboxylic acids is 1. The number of alkyl halides is 3. The van der Waals surface area contributed by atoms with Gasteiger partial charge in [-0.15, -0.1) is 13.2 Å². The lowest BCUT2D eigenvalue weighted by atomic mass is 10.1. The summed E-state index contributed by atoms with van der Waals surface area (Å²) in [5, 5.41) is 8.70. The second-order valence-corrected chi connectivity index (χ2v) is 4.20. The average Bonchev–Trinajstić information content (AvgIpc) is 2.30. The molecule has 0 unspecified atom stereocenters. The van der Waals surface area contributed by atoms with Crippen LogP contribution in [0.25, 0.3) is 0 Å². The van der Waals surface area contributed by atoms with Crippen molar-refractivity contribution in [2.24, 2.45) is 0 Å². The zero-order valence-electron chi connectivity index (χ0n) is 9.55. The highest BCUT2D eigenvalue weighted by atomic mass is 79.9. The van der Waals surface area contributed by atoms with Crippen LogP contribution in [0.15, 0.2) is 16.6 Å². The molecule has 0 atom stereocenters. The predicted octanol–water partition coefficient (Wildman–Crippen LogP) is 2.93. The highest BCUT2D eigenvalue weighted by Gasteiger charge is 2.33. The van der Waals surface area contributed by atoms with Crippen molar-refractivity contribution in [3.05, 3.63) is 27.7 Å². The van der Waals surface area contributed by atoms with Crippen molar-refractivity contribution in [3.63, 3.8) is 0 Å². The Bertz CT molecular complexity index is 537. The normalized spacial score (nSPS) is 10.7. The first-order chi connectivity index (χ1) is 8.76. The van der Waals surface area contributed by atoms with Gasteiger partial charge in [0.15, 0.2) is 0 Å². The Morgan fingerprint density at radius 2 is 2.11 bits per heavy atom. The van der Waals surface area contributed by atoms with Crippen molar-refractivity contribution in [3.8, 4) is 11.8 Å². The minimum atomic E-state index is -4.92. The number of methoxy groups -OCH3 is 1. The summed E-state index contributed by atoms with van der Waals surface area (Å²) in [5.41, 5.74) is -0.0667. The van der Waals surface area contributed by atoms with Gasteiger partial charge in [0.25, 0.3) is 0 Å². The molecule has 1 aromatic rings. The van der Waals surface area contributed by atoms with Crippen LogP contribution in [-0.2, 0) is 16.0 Å². The number of nitriles is 1. The second-order valence-electron chi connectivity index (χ2n) is 3.35. The third-order valence-corrected chi connectivity index (χ3v) is 2.77. The van der Waals surface area contributed by atoms with Crippen LogP contribution in [0, 0.1) is 11.3 Å². The molecule has 8 heteroatoms. The average molecular weight is 338 g/mol. The van der Waals surface area contributed by atoms with Crippen molar-refractivity contribution >= 4 is 21.9 Å². The number of halogens is 4. The number of carbonyl (C=O) groups is 1.